The highest BCUT2D eigenvalue weighted by Crippen LogP contribution is 2.30. The monoisotopic (exact) mass is 297 g/mol. The van der Waals surface area contributed by atoms with E-state index in [1.165, 1.54) is 30.3 Å². The van der Waals surface area contributed by atoms with Gasteiger partial charge in [-0.15, -0.1) is 0 Å². The fourth-order valence-corrected chi connectivity index (χ4v) is 1.62. The largest absolute Gasteiger partial charge is 0.457 e. The first-order valence-corrected chi connectivity index (χ1v) is 5.76. The van der Waals surface area contributed by atoms with Gasteiger partial charge in [-0.1, -0.05) is 11.6 Å². The van der Waals surface area contributed by atoms with E-state index in [0.717, 1.165) is 6.07 Å². The third-order valence-electron chi connectivity index (χ3n) is 2.40. The molecule has 0 atom stereocenters. The average Bonchev–Trinajstić information content (AvgIpc) is 2.42. The van der Waals surface area contributed by atoms with Crippen LogP contribution in [-0.4, -0.2) is 4.92 Å². The van der Waals surface area contributed by atoms with Gasteiger partial charge in [-0.2, -0.15) is 0 Å². The second-order valence-corrected chi connectivity index (χ2v) is 4.20. The van der Waals surface area contributed by atoms with Gasteiger partial charge >= 0.3 is 0 Å². The molecule has 0 saturated carbocycles. The molecule has 0 amide bonds. The number of hydrogen-bond donors (Lipinski definition) is 2. The highest BCUT2D eigenvalue weighted by atomic mass is 35.5. The Morgan fingerprint density at radius 1 is 1.25 bits per heavy atom. The highest BCUT2D eigenvalue weighted by molar-refractivity contribution is 6.30. The molecule has 2 rings (SSSR count). The minimum absolute atomic E-state index is 0.0410. The number of nitrogens with zero attached hydrogens (tertiary/aromatic N) is 1. The predicted molar refractivity (Wildman–Crippen MR) is 72.4 cm³/mol. The summed E-state index contributed by atoms with van der Waals surface area (Å²) in [7, 11) is 0. The van der Waals surface area contributed by atoms with Crippen LogP contribution in [0.25, 0.3) is 0 Å². The minimum Gasteiger partial charge on any atom is -0.457 e. The van der Waals surface area contributed by atoms with Gasteiger partial charge in [0, 0.05) is 18.2 Å². The van der Waals surface area contributed by atoms with Gasteiger partial charge in [0.2, 0.25) is 0 Å². The Hall–Kier alpha value is -2.38. The lowest BCUT2D eigenvalue weighted by Gasteiger charge is -2.08. The quantitative estimate of drug-likeness (QED) is 0.512. The van der Waals surface area contributed by atoms with Crippen LogP contribution < -0.4 is 16.0 Å². The van der Waals surface area contributed by atoms with Crippen LogP contribution in [0.15, 0.2) is 36.4 Å². The van der Waals surface area contributed by atoms with Crippen LogP contribution in [0.3, 0.4) is 0 Å². The molecule has 3 N–H and O–H groups in total. The number of hydrazine groups is 1. The summed E-state index contributed by atoms with van der Waals surface area (Å²) in [6.07, 6.45) is 0. The molecule has 104 valence electrons. The first kappa shape index (κ1) is 14.0. The van der Waals surface area contributed by atoms with E-state index in [0.29, 0.717) is 5.69 Å². The summed E-state index contributed by atoms with van der Waals surface area (Å²) in [6, 6.07) is 7.74. The van der Waals surface area contributed by atoms with E-state index in [1.54, 1.807) is 0 Å². The maximum absolute atomic E-state index is 13.3. The number of anilines is 1. The molecule has 0 aliphatic rings. The molecule has 0 bridgehead atoms. The molecule has 0 saturated heterocycles. The molecule has 6 nitrogen and oxygen atoms in total. The van der Waals surface area contributed by atoms with Gasteiger partial charge < -0.3 is 10.2 Å². The molecule has 0 aliphatic carbocycles. The number of benzene rings is 2. The summed E-state index contributed by atoms with van der Waals surface area (Å²) in [6.45, 7) is 0. The lowest BCUT2D eigenvalue weighted by atomic mass is 10.2. The lowest BCUT2D eigenvalue weighted by molar-refractivity contribution is -0.384. The zero-order valence-corrected chi connectivity index (χ0v) is 10.7. The van der Waals surface area contributed by atoms with Gasteiger partial charge in [0.1, 0.15) is 17.3 Å². The van der Waals surface area contributed by atoms with Crippen LogP contribution in [0.2, 0.25) is 5.02 Å². The number of nitrogen functional groups attached to an aromatic ring is 1. The van der Waals surface area contributed by atoms with E-state index in [9.17, 15) is 14.5 Å². The molecule has 0 fully saturated rings. The Morgan fingerprint density at radius 3 is 2.60 bits per heavy atom. The Bertz CT molecular complexity index is 666. The Kier molecular flexibility index (Phi) is 4.02. The average molecular weight is 298 g/mol. The molecule has 0 unspecified atom stereocenters. The van der Waals surface area contributed by atoms with Gasteiger partial charge in [-0.05, 0) is 12.1 Å². The van der Waals surface area contributed by atoms with Crippen LogP contribution in [0, 0.1) is 15.9 Å². The number of rotatable bonds is 4. The highest BCUT2D eigenvalue weighted by Gasteiger charge is 2.11. The Balaban J connectivity index is 2.34. The topological polar surface area (TPSA) is 90.4 Å². The normalized spacial score (nSPS) is 10.2. The minimum atomic E-state index is -0.647. The zero-order valence-electron chi connectivity index (χ0n) is 9.97. The maximum Gasteiger partial charge on any atom is 0.275 e. The van der Waals surface area contributed by atoms with Crippen LogP contribution in [0.5, 0.6) is 11.5 Å². The number of nitrogens with two attached hydrogens (primary N) is 1. The van der Waals surface area contributed by atoms with E-state index >= 15 is 0 Å². The second-order valence-electron chi connectivity index (χ2n) is 3.80. The van der Waals surface area contributed by atoms with Gasteiger partial charge in [0.05, 0.1) is 21.7 Å². The van der Waals surface area contributed by atoms with Crippen molar-refractivity contribution in [2.24, 2.45) is 5.84 Å². The number of ether oxygens (including phenoxy) is 1. The molecular formula is C12H9ClFN3O3. The molecule has 0 spiro atoms. The standard InChI is InChI=1S/C12H9ClFN3O3/c13-11-2-1-9(6-12(11)14)20-10-4-7(16-15)3-8(5-10)17(18)19/h1-6,16H,15H2. The summed E-state index contributed by atoms with van der Waals surface area (Å²) in [5.41, 5.74) is 2.38. The number of hydrogen-bond acceptors (Lipinski definition) is 5. The van der Waals surface area contributed by atoms with Crippen molar-refractivity contribution in [2.45, 2.75) is 0 Å². The van der Waals surface area contributed by atoms with Crippen LogP contribution >= 0.6 is 11.6 Å². The Labute approximate surface area is 118 Å². The molecular weight excluding hydrogens is 289 g/mol. The lowest BCUT2D eigenvalue weighted by Crippen LogP contribution is -2.07. The summed E-state index contributed by atoms with van der Waals surface area (Å²) in [5, 5.41) is 10.7. The molecule has 0 heterocycles. The Morgan fingerprint density at radius 2 is 2.00 bits per heavy atom. The molecule has 0 aromatic heterocycles. The zero-order chi connectivity index (χ0) is 14.7. The third kappa shape index (κ3) is 3.14. The molecule has 0 radical (unpaired) electrons. The van der Waals surface area contributed by atoms with E-state index < -0.39 is 10.7 Å². The molecule has 0 aliphatic heterocycles. The summed E-state index contributed by atoms with van der Waals surface area (Å²) in [4.78, 5) is 10.2. The van der Waals surface area contributed by atoms with E-state index in [4.69, 9.17) is 22.2 Å². The predicted octanol–water partition coefficient (Wildman–Crippen LogP) is 3.47. The van der Waals surface area contributed by atoms with Crippen LogP contribution in [0.4, 0.5) is 15.8 Å². The fourth-order valence-electron chi connectivity index (χ4n) is 1.51. The van der Waals surface area contributed by atoms with E-state index in [1.807, 2.05) is 0 Å². The number of non-ortho nitro benzene ring substituents is 1. The summed E-state index contributed by atoms with van der Waals surface area (Å²) >= 11 is 5.55. The number of nitro groups is 1. The maximum atomic E-state index is 13.3. The summed E-state index contributed by atoms with van der Waals surface area (Å²) in [5.74, 6) is 4.88. The fraction of sp³-hybridized carbons (Fsp3) is 0. The van der Waals surface area contributed by atoms with Gasteiger partial charge in [-0.25, -0.2) is 4.39 Å². The van der Waals surface area contributed by atoms with Crippen LogP contribution in [0.1, 0.15) is 0 Å². The van der Waals surface area contributed by atoms with Crippen molar-refractivity contribution in [1.82, 2.24) is 0 Å². The first-order chi connectivity index (χ1) is 9.49. The SMILES string of the molecule is NNc1cc(Oc2ccc(Cl)c(F)c2)cc([N+](=O)[O-])c1. The van der Waals surface area contributed by atoms with Gasteiger partial charge in [0.15, 0.2) is 0 Å². The molecule has 8 heteroatoms. The van der Waals surface area contributed by atoms with Crippen molar-refractivity contribution in [1.29, 1.82) is 0 Å². The number of nitro benzene ring substituents is 1. The smallest absolute Gasteiger partial charge is 0.275 e. The van der Waals surface area contributed by atoms with Gasteiger partial charge in [0.25, 0.3) is 5.69 Å². The molecule has 20 heavy (non-hydrogen) atoms. The van der Waals surface area contributed by atoms with Crippen molar-refractivity contribution in [3.05, 3.63) is 57.4 Å². The van der Waals surface area contributed by atoms with Crippen molar-refractivity contribution < 1.29 is 14.1 Å². The van der Waals surface area contributed by atoms with E-state index in [-0.39, 0.29) is 22.2 Å². The molecule has 2 aromatic carbocycles. The van der Waals surface area contributed by atoms with Crippen molar-refractivity contribution in [3.8, 4) is 11.5 Å². The molecule has 2 aromatic rings. The van der Waals surface area contributed by atoms with Crippen LogP contribution in [-0.2, 0) is 0 Å². The number of halogens is 2. The van der Waals surface area contributed by atoms with E-state index in [2.05, 4.69) is 5.43 Å². The summed E-state index contributed by atoms with van der Waals surface area (Å²) < 4.78 is 18.6. The second kappa shape index (κ2) is 5.72. The van der Waals surface area contributed by atoms with Crippen molar-refractivity contribution in [3.63, 3.8) is 0 Å². The third-order valence-corrected chi connectivity index (χ3v) is 2.70. The van der Waals surface area contributed by atoms with Crippen molar-refractivity contribution >= 4 is 23.0 Å². The number of nitrogens with one attached hydrogen (secondary N) is 1. The van der Waals surface area contributed by atoms with Crippen molar-refractivity contribution in [2.75, 3.05) is 5.43 Å². The first-order valence-electron chi connectivity index (χ1n) is 5.38. The van der Waals surface area contributed by atoms with Gasteiger partial charge in [-0.3, -0.25) is 16.0 Å².